The van der Waals surface area contributed by atoms with Crippen LogP contribution in [0.25, 0.3) is 35.4 Å². The number of benzene rings is 4. The molecule has 0 amide bonds. The molecule has 0 fully saturated rings. The first-order chi connectivity index (χ1) is 32.2. The molecule has 0 N–H and O–H groups in total. The Hall–Kier alpha value is 0.200. The van der Waals surface area contributed by atoms with Crippen LogP contribution in [-0.4, -0.2) is 50.0 Å². The predicted octanol–water partition coefficient (Wildman–Crippen LogP) is 20.7. The fraction of sp³-hybridized carbons (Fsp3) is 0.184. The van der Waals surface area contributed by atoms with Crippen LogP contribution in [0.5, 0.6) is 11.5 Å². The van der Waals surface area contributed by atoms with E-state index in [1.165, 1.54) is 95.4 Å². The van der Waals surface area contributed by atoms with E-state index in [1.807, 2.05) is 188 Å². The van der Waals surface area contributed by atoms with E-state index in [4.69, 9.17) is 4.74 Å². The summed E-state index contributed by atoms with van der Waals surface area (Å²) in [6, 6.07) is 28.4. The van der Waals surface area contributed by atoms with Crippen molar-refractivity contribution < 1.29 is 4.74 Å². The summed E-state index contributed by atoms with van der Waals surface area (Å²) in [7, 11) is 0. The van der Waals surface area contributed by atoms with Gasteiger partial charge in [0.05, 0.1) is 56.3 Å². The molecule has 0 bridgehead atoms. The Kier molecular flexibility index (Phi) is 16.4. The smallest absolute Gasteiger partial charge is 0.132 e. The average Bonchev–Trinajstić information content (AvgIpc) is 4.17. The summed E-state index contributed by atoms with van der Waals surface area (Å²) in [6.07, 6.45) is 26.9. The maximum atomic E-state index is 7.27. The van der Waals surface area contributed by atoms with Gasteiger partial charge in [-0.1, -0.05) is 143 Å². The van der Waals surface area contributed by atoms with Gasteiger partial charge in [-0.25, -0.2) is 0 Å². The van der Waals surface area contributed by atoms with Crippen molar-refractivity contribution in [3.05, 3.63) is 168 Å². The van der Waals surface area contributed by atoms with Gasteiger partial charge in [-0.3, -0.25) is 0 Å². The zero-order chi connectivity index (χ0) is 45.7. The van der Waals surface area contributed by atoms with E-state index in [9.17, 15) is 0 Å². The minimum absolute atomic E-state index is 0.632. The van der Waals surface area contributed by atoms with Gasteiger partial charge < -0.3 is 4.74 Å². The van der Waals surface area contributed by atoms with E-state index >= 15 is 0 Å². The highest BCUT2D eigenvalue weighted by Gasteiger charge is 2.51. The number of rotatable bonds is 12. The van der Waals surface area contributed by atoms with E-state index in [0.717, 1.165) is 22.6 Å². The van der Waals surface area contributed by atoms with Crippen molar-refractivity contribution in [2.24, 2.45) is 0 Å². The number of thioether (sulfide) groups is 16. The first-order valence-electron chi connectivity index (χ1n) is 20.1. The highest BCUT2D eigenvalue weighted by atomic mass is 32.3. The Balaban J connectivity index is 1.17. The van der Waals surface area contributed by atoms with E-state index in [2.05, 4.69) is 147 Å². The minimum Gasteiger partial charge on any atom is -0.457 e. The molecule has 5 heterocycles. The molecule has 1 nitrogen and oxygen atoms in total. The van der Waals surface area contributed by atoms with Crippen LogP contribution < -0.4 is 4.74 Å². The average molecular weight is 1160 g/mol. The molecule has 6 aliphatic rings. The summed E-state index contributed by atoms with van der Waals surface area (Å²) in [6.45, 7) is 0. The molecule has 17 heteroatoms. The lowest BCUT2D eigenvalue weighted by atomic mass is 9.65. The van der Waals surface area contributed by atoms with Crippen molar-refractivity contribution >= 4 is 212 Å². The first-order valence-corrected chi connectivity index (χ1v) is 36.4. The lowest BCUT2D eigenvalue weighted by molar-refractivity contribution is 0.436. The third-order valence-electron chi connectivity index (χ3n) is 11.1. The third-order valence-corrected chi connectivity index (χ3v) is 31.4. The van der Waals surface area contributed by atoms with Crippen molar-refractivity contribution in [2.45, 2.75) is 5.41 Å². The van der Waals surface area contributed by atoms with Gasteiger partial charge in [0.25, 0.3) is 0 Å². The summed E-state index contributed by atoms with van der Waals surface area (Å²) in [5, 5.41) is 0. The molecule has 338 valence electrons. The Morgan fingerprint density at radius 1 is 0.333 bits per heavy atom. The van der Waals surface area contributed by atoms with E-state index in [0.29, 0.717) is 0 Å². The van der Waals surface area contributed by atoms with Crippen molar-refractivity contribution in [1.82, 2.24) is 0 Å². The van der Waals surface area contributed by atoms with Crippen LogP contribution in [0.2, 0.25) is 0 Å². The Morgan fingerprint density at radius 2 is 0.591 bits per heavy atom. The van der Waals surface area contributed by atoms with Crippen LogP contribution in [0.1, 0.15) is 44.5 Å². The molecule has 0 aromatic heterocycles. The molecule has 1 aliphatic carbocycles. The largest absolute Gasteiger partial charge is 0.457 e. The van der Waals surface area contributed by atoms with Crippen LogP contribution in [0.4, 0.5) is 0 Å². The summed E-state index contributed by atoms with van der Waals surface area (Å²) in [5.41, 5.74) is 11.6. The van der Waals surface area contributed by atoms with E-state index in [1.54, 1.807) is 0 Å². The number of ether oxygens (including phenoxy) is 1. The highest BCUT2D eigenvalue weighted by molar-refractivity contribution is 8.42. The predicted molar refractivity (Wildman–Crippen MR) is 333 cm³/mol. The quantitative estimate of drug-likeness (QED) is 0.115. The van der Waals surface area contributed by atoms with Crippen LogP contribution >= 0.6 is 188 Å². The lowest BCUT2D eigenvalue weighted by Crippen LogP contribution is -2.32. The maximum Gasteiger partial charge on any atom is 0.132 e. The molecule has 10 rings (SSSR count). The van der Waals surface area contributed by atoms with Gasteiger partial charge in [-0.05, 0) is 143 Å². The molecule has 4 aromatic rings. The topological polar surface area (TPSA) is 9.23 Å². The molecular weight excluding hydrogens is 1120 g/mol. The van der Waals surface area contributed by atoms with Crippen LogP contribution in [-0.2, 0) is 5.41 Å². The standard InChI is InChI=1S/C49H40OS16/c1-51-41-42(52-2)60-37(59-41)21-25-9-13-29-30-14-10-26(22-38-61-43(53-3)44(54-4)62-38)18-34(30)49(33(29)17-25)31-15-11-27(23-39-63-45(55-5)46(56-6)64-39)19-35(31)50-36-20-28(12-16-32(36)49)24-40-65-47(57-7)48(58-8)66-40/h9-24H,1-8H3. The molecule has 0 radical (unpaired) electrons. The molecule has 0 atom stereocenters. The normalized spacial score (nSPS) is 18.2. The van der Waals surface area contributed by atoms with Crippen molar-refractivity contribution in [1.29, 1.82) is 0 Å². The minimum atomic E-state index is -0.632. The van der Waals surface area contributed by atoms with Gasteiger partial charge in [0.15, 0.2) is 0 Å². The summed E-state index contributed by atoms with van der Waals surface area (Å²) < 4.78 is 23.5. The van der Waals surface area contributed by atoms with Gasteiger partial charge in [0.2, 0.25) is 0 Å². The van der Waals surface area contributed by atoms with E-state index in [-0.39, 0.29) is 0 Å². The molecule has 66 heavy (non-hydrogen) atoms. The lowest BCUT2D eigenvalue weighted by Gasteiger charge is -2.40. The SMILES string of the molecule is CSC1=C(SC)SC(=Cc2ccc3c(c2)Oc2cc(C=C4SC(SC)=C(SC)S4)ccc2C32c3cc(C=C4SC(SC)=C(SC)S4)ccc3-c3ccc(C=C4SC(SC)=C(SC)S4)cc32)S1. The summed E-state index contributed by atoms with van der Waals surface area (Å²) in [4.78, 5) is 0. The van der Waals surface area contributed by atoms with Gasteiger partial charge in [-0.2, -0.15) is 0 Å². The second-order valence-electron chi connectivity index (χ2n) is 14.6. The Morgan fingerprint density at radius 3 is 0.864 bits per heavy atom. The maximum absolute atomic E-state index is 7.27. The fourth-order valence-electron chi connectivity index (χ4n) is 8.36. The molecular formula is C49H40OS16. The fourth-order valence-corrected chi connectivity index (χ4v) is 28.1. The van der Waals surface area contributed by atoms with Crippen LogP contribution in [0, 0.1) is 0 Å². The van der Waals surface area contributed by atoms with Gasteiger partial charge in [0, 0.05) is 11.1 Å². The molecule has 5 aliphatic heterocycles. The zero-order valence-corrected chi connectivity index (χ0v) is 49.7. The summed E-state index contributed by atoms with van der Waals surface area (Å²) >= 11 is 29.8. The Bertz CT molecular complexity index is 2680. The van der Waals surface area contributed by atoms with E-state index < -0.39 is 5.41 Å². The van der Waals surface area contributed by atoms with Gasteiger partial charge in [0.1, 0.15) is 11.5 Å². The van der Waals surface area contributed by atoms with Crippen LogP contribution in [0.15, 0.2) is 124 Å². The first kappa shape index (κ1) is 49.8. The monoisotopic (exact) mass is 1160 g/mol. The second kappa shape index (κ2) is 21.7. The number of hydrogen-bond donors (Lipinski definition) is 0. The van der Waals surface area contributed by atoms with Crippen molar-refractivity contribution in [2.75, 3.05) is 50.0 Å². The molecule has 4 aromatic carbocycles. The third kappa shape index (κ3) is 9.51. The molecule has 0 unspecified atom stereocenters. The molecule has 0 saturated heterocycles. The molecule has 0 saturated carbocycles. The van der Waals surface area contributed by atoms with Crippen LogP contribution in [0.3, 0.4) is 0 Å². The van der Waals surface area contributed by atoms with Gasteiger partial charge >= 0.3 is 0 Å². The van der Waals surface area contributed by atoms with Crippen molar-refractivity contribution in [3.63, 3.8) is 0 Å². The number of hydrogen-bond acceptors (Lipinski definition) is 17. The zero-order valence-electron chi connectivity index (χ0n) is 36.7. The number of fused-ring (bicyclic) bond motifs is 9. The Labute approximate surface area is 457 Å². The van der Waals surface area contributed by atoms with Crippen molar-refractivity contribution in [3.8, 4) is 22.6 Å². The summed E-state index contributed by atoms with van der Waals surface area (Å²) in [5.74, 6) is 1.82. The van der Waals surface area contributed by atoms with Gasteiger partial charge in [-0.15, -0.1) is 94.1 Å². The molecule has 1 spiro atoms. The second-order valence-corrected chi connectivity index (χ2v) is 32.6. The highest BCUT2D eigenvalue weighted by Crippen LogP contribution is 2.65.